The first-order valence-corrected chi connectivity index (χ1v) is 11.2. The number of halogens is 2. The molecule has 8 heteroatoms. The SMILES string of the molecule is CC.CC(C)=Nc1ccc(-c2ccn3nc(NC4CC5(C4)CC(F)(F)C5)ncc23)nc1C. The predicted molar refractivity (Wildman–Crippen MR) is 124 cm³/mol. The summed E-state index contributed by atoms with van der Waals surface area (Å²) in [5.74, 6) is -1.95. The van der Waals surface area contributed by atoms with Crippen molar-refractivity contribution in [2.24, 2.45) is 10.4 Å². The van der Waals surface area contributed by atoms with E-state index in [0.717, 1.165) is 46.7 Å². The second kappa shape index (κ2) is 8.22. The highest BCUT2D eigenvalue weighted by molar-refractivity contribution is 5.83. The predicted octanol–water partition coefficient (Wildman–Crippen LogP) is 6.23. The highest BCUT2D eigenvalue weighted by Crippen LogP contribution is 2.62. The summed E-state index contributed by atoms with van der Waals surface area (Å²) >= 11 is 0. The van der Waals surface area contributed by atoms with Crippen LogP contribution in [0.5, 0.6) is 0 Å². The van der Waals surface area contributed by atoms with Crippen LogP contribution >= 0.6 is 0 Å². The van der Waals surface area contributed by atoms with Crippen LogP contribution in [-0.4, -0.2) is 37.3 Å². The molecule has 0 unspecified atom stereocenters. The zero-order valence-corrected chi connectivity index (χ0v) is 19.3. The fourth-order valence-electron chi connectivity index (χ4n) is 4.85. The number of rotatable bonds is 4. The van der Waals surface area contributed by atoms with Crippen LogP contribution in [-0.2, 0) is 0 Å². The molecule has 1 spiro atoms. The van der Waals surface area contributed by atoms with Crippen LogP contribution in [0, 0.1) is 12.3 Å². The number of alkyl halides is 2. The molecule has 3 aromatic heterocycles. The van der Waals surface area contributed by atoms with Gasteiger partial charge in [0.25, 0.3) is 0 Å². The van der Waals surface area contributed by atoms with Crippen molar-refractivity contribution >= 4 is 22.9 Å². The maximum atomic E-state index is 13.2. The number of hydrogen-bond acceptors (Lipinski definition) is 5. The molecule has 0 atom stereocenters. The normalized spacial score (nSPS) is 18.3. The maximum absolute atomic E-state index is 13.2. The van der Waals surface area contributed by atoms with Crippen molar-refractivity contribution in [1.82, 2.24) is 19.6 Å². The average molecular weight is 441 g/mol. The summed E-state index contributed by atoms with van der Waals surface area (Å²) in [5, 5.41) is 7.83. The zero-order valence-electron chi connectivity index (χ0n) is 19.3. The van der Waals surface area contributed by atoms with Crippen LogP contribution in [0.2, 0.25) is 0 Å². The number of fused-ring (bicyclic) bond motifs is 1. The Hall–Kier alpha value is -2.90. The Morgan fingerprint density at radius 1 is 1.16 bits per heavy atom. The summed E-state index contributed by atoms with van der Waals surface area (Å²) in [7, 11) is 0. The van der Waals surface area contributed by atoms with Gasteiger partial charge in [-0.2, -0.15) is 0 Å². The minimum atomic E-state index is -2.46. The van der Waals surface area contributed by atoms with Crippen LogP contribution in [0.25, 0.3) is 16.8 Å². The average Bonchev–Trinajstić information content (AvgIpc) is 3.11. The Morgan fingerprint density at radius 3 is 2.50 bits per heavy atom. The Morgan fingerprint density at radius 2 is 1.88 bits per heavy atom. The summed E-state index contributed by atoms with van der Waals surface area (Å²) in [5.41, 5.74) is 5.21. The quantitative estimate of drug-likeness (QED) is 0.489. The number of aliphatic imine (C=N–C) groups is 1. The molecule has 6 nitrogen and oxygen atoms in total. The number of nitrogens with one attached hydrogen (secondary N) is 1. The molecule has 1 N–H and O–H groups in total. The van der Waals surface area contributed by atoms with Gasteiger partial charge in [-0.1, -0.05) is 13.8 Å². The summed E-state index contributed by atoms with van der Waals surface area (Å²) in [6, 6.07) is 6.06. The lowest BCUT2D eigenvalue weighted by Crippen LogP contribution is -2.57. The van der Waals surface area contributed by atoms with Gasteiger partial charge in [0.05, 0.1) is 28.8 Å². The fourth-order valence-corrected chi connectivity index (χ4v) is 4.85. The van der Waals surface area contributed by atoms with Crippen molar-refractivity contribution in [3.63, 3.8) is 0 Å². The standard InChI is InChI=1S/C22H24F2N6.C2H6/c1-13(2)26-17-4-5-18(27-14(17)3)16-6-7-30-19(16)10-25-20(29-30)28-15-8-21(9-15)11-22(23,24)12-21;1-2/h4-7,10,15H,8-9,11-12H2,1-3H3,(H,28,29);1-2H3. The van der Waals surface area contributed by atoms with E-state index in [1.165, 1.54) is 0 Å². The van der Waals surface area contributed by atoms with Crippen molar-refractivity contribution in [2.45, 2.75) is 72.3 Å². The van der Waals surface area contributed by atoms with Gasteiger partial charge in [-0.15, -0.1) is 5.10 Å². The Labute approximate surface area is 187 Å². The molecule has 3 aromatic rings. The van der Waals surface area contributed by atoms with Gasteiger partial charge >= 0.3 is 0 Å². The smallest absolute Gasteiger partial charge is 0.249 e. The van der Waals surface area contributed by atoms with Crippen molar-refractivity contribution in [3.8, 4) is 11.3 Å². The highest BCUT2D eigenvalue weighted by atomic mass is 19.3. The van der Waals surface area contributed by atoms with Crippen molar-refractivity contribution in [3.05, 3.63) is 36.3 Å². The molecule has 2 aliphatic rings. The van der Waals surface area contributed by atoms with Crippen LogP contribution in [0.1, 0.15) is 59.1 Å². The van der Waals surface area contributed by atoms with Gasteiger partial charge in [-0.25, -0.2) is 18.3 Å². The van der Waals surface area contributed by atoms with Gasteiger partial charge in [-0.05, 0) is 57.2 Å². The van der Waals surface area contributed by atoms with Gasteiger partial charge in [-0.3, -0.25) is 9.98 Å². The second-order valence-electron chi connectivity index (χ2n) is 8.96. The molecule has 2 aliphatic carbocycles. The Balaban J connectivity index is 0.00000119. The number of hydrogen-bond donors (Lipinski definition) is 1. The lowest BCUT2D eigenvalue weighted by atomic mass is 9.52. The van der Waals surface area contributed by atoms with Crippen LogP contribution in [0.4, 0.5) is 20.4 Å². The highest BCUT2D eigenvalue weighted by Gasteiger charge is 2.61. The third-order valence-corrected chi connectivity index (χ3v) is 6.05. The van der Waals surface area contributed by atoms with E-state index >= 15 is 0 Å². The molecule has 2 fully saturated rings. The first kappa shape index (κ1) is 22.3. The number of aryl methyl sites for hydroxylation is 1. The van der Waals surface area contributed by atoms with E-state index in [1.807, 2.05) is 59.0 Å². The molecule has 3 heterocycles. The lowest BCUT2D eigenvalue weighted by molar-refractivity contribution is -0.193. The molecule has 0 bridgehead atoms. The number of anilines is 1. The van der Waals surface area contributed by atoms with E-state index in [-0.39, 0.29) is 24.3 Å². The van der Waals surface area contributed by atoms with Gasteiger partial charge in [0.15, 0.2) is 0 Å². The van der Waals surface area contributed by atoms with Crippen molar-refractivity contribution in [1.29, 1.82) is 0 Å². The lowest BCUT2D eigenvalue weighted by Gasteiger charge is -2.57. The minimum absolute atomic E-state index is 0.0212. The summed E-state index contributed by atoms with van der Waals surface area (Å²) in [6.07, 6.45) is 5.22. The van der Waals surface area contributed by atoms with Gasteiger partial charge in [0.1, 0.15) is 0 Å². The molecular formula is C24H30F2N6. The van der Waals surface area contributed by atoms with Crippen LogP contribution < -0.4 is 5.32 Å². The molecule has 2 saturated carbocycles. The van der Waals surface area contributed by atoms with Crippen LogP contribution in [0.3, 0.4) is 0 Å². The van der Waals surface area contributed by atoms with E-state index in [9.17, 15) is 8.78 Å². The summed E-state index contributed by atoms with van der Waals surface area (Å²) < 4.78 is 28.1. The van der Waals surface area contributed by atoms with E-state index in [1.54, 1.807) is 10.7 Å². The van der Waals surface area contributed by atoms with Gasteiger partial charge in [0, 0.05) is 36.4 Å². The minimum Gasteiger partial charge on any atom is -0.350 e. The summed E-state index contributed by atoms with van der Waals surface area (Å²) in [6.45, 7) is 9.87. The summed E-state index contributed by atoms with van der Waals surface area (Å²) in [4.78, 5) is 13.6. The number of aromatic nitrogens is 4. The molecule has 0 saturated heterocycles. The molecular weight excluding hydrogens is 410 g/mol. The fraction of sp³-hybridized carbons (Fsp3) is 0.500. The van der Waals surface area contributed by atoms with Gasteiger partial charge in [0.2, 0.25) is 11.9 Å². The Kier molecular flexibility index (Phi) is 5.73. The Bertz CT molecular complexity index is 1150. The topological polar surface area (TPSA) is 67.5 Å². The van der Waals surface area contributed by atoms with Gasteiger partial charge < -0.3 is 5.32 Å². The van der Waals surface area contributed by atoms with E-state index < -0.39 is 5.92 Å². The molecule has 170 valence electrons. The largest absolute Gasteiger partial charge is 0.350 e. The van der Waals surface area contributed by atoms with Crippen molar-refractivity contribution < 1.29 is 8.78 Å². The molecule has 32 heavy (non-hydrogen) atoms. The zero-order chi connectivity index (χ0) is 23.1. The van der Waals surface area contributed by atoms with E-state index in [2.05, 4.69) is 20.4 Å². The molecule has 5 rings (SSSR count). The first-order valence-electron chi connectivity index (χ1n) is 11.2. The first-order chi connectivity index (χ1) is 15.2. The third kappa shape index (κ3) is 4.23. The maximum Gasteiger partial charge on any atom is 0.249 e. The van der Waals surface area contributed by atoms with E-state index in [0.29, 0.717) is 5.95 Å². The molecule has 0 radical (unpaired) electrons. The number of nitrogens with zero attached hydrogens (tertiary/aromatic N) is 5. The molecule has 0 amide bonds. The van der Waals surface area contributed by atoms with Crippen LogP contribution in [0.15, 0.2) is 35.6 Å². The van der Waals surface area contributed by atoms with E-state index in [4.69, 9.17) is 4.98 Å². The monoisotopic (exact) mass is 440 g/mol. The number of pyridine rings is 1. The van der Waals surface area contributed by atoms with Crippen molar-refractivity contribution in [2.75, 3.05) is 5.32 Å². The second-order valence-corrected chi connectivity index (χ2v) is 8.96. The molecule has 0 aliphatic heterocycles. The molecule has 0 aromatic carbocycles. The third-order valence-electron chi connectivity index (χ3n) is 6.05.